The van der Waals surface area contributed by atoms with Crippen molar-refractivity contribution in [3.05, 3.63) is 51.1 Å². The van der Waals surface area contributed by atoms with Crippen molar-refractivity contribution in [1.29, 1.82) is 0 Å². The molecule has 1 aliphatic heterocycles. The third kappa shape index (κ3) is 5.91. The van der Waals surface area contributed by atoms with Crippen molar-refractivity contribution in [2.45, 2.75) is 12.6 Å². The molecule has 11 heteroatoms. The van der Waals surface area contributed by atoms with Gasteiger partial charge in [-0.15, -0.1) is 0 Å². The van der Waals surface area contributed by atoms with Crippen molar-refractivity contribution in [3.8, 4) is 0 Å². The first-order valence-electron chi connectivity index (χ1n) is 9.08. The van der Waals surface area contributed by atoms with Crippen molar-refractivity contribution in [3.63, 3.8) is 0 Å². The summed E-state index contributed by atoms with van der Waals surface area (Å²) in [5, 5.41) is 3.59. The molecule has 162 valence electrons. The standard InChI is InChI=1S/C19H18Cl3F3N4O/c20-13-1-2-14(21)16(10-13)27-17(30)3-4-28-5-7-29(8-6-28)18-15(22)9-12(11-26-18)19(23,24)25/h1-2,9-11H,3-8H2,(H,27,30). The molecule has 0 spiro atoms. The normalized spacial score (nSPS) is 15.3. The lowest BCUT2D eigenvalue weighted by atomic mass is 10.2. The van der Waals surface area contributed by atoms with Crippen molar-refractivity contribution in [1.82, 2.24) is 9.88 Å². The van der Waals surface area contributed by atoms with E-state index in [0.29, 0.717) is 54.3 Å². The summed E-state index contributed by atoms with van der Waals surface area (Å²) < 4.78 is 38.3. The van der Waals surface area contributed by atoms with Crippen LogP contribution in [-0.4, -0.2) is 48.5 Å². The first-order chi connectivity index (χ1) is 14.1. The van der Waals surface area contributed by atoms with Crippen molar-refractivity contribution in [2.24, 2.45) is 0 Å². The van der Waals surface area contributed by atoms with Gasteiger partial charge in [0.15, 0.2) is 0 Å². The number of hydrogen-bond acceptors (Lipinski definition) is 4. The Hall–Kier alpha value is -1.74. The van der Waals surface area contributed by atoms with Gasteiger partial charge in [0, 0.05) is 50.4 Å². The number of amides is 1. The van der Waals surface area contributed by atoms with Gasteiger partial charge >= 0.3 is 6.18 Å². The molecule has 2 heterocycles. The maximum Gasteiger partial charge on any atom is 0.417 e. The minimum absolute atomic E-state index is 0.0314. The molecule has 1 aliphatic rings. The highest BCUT2D eigenvalue weighted by Crippen LogP contribution is 2.33. The molecular weight excluding hydrogens is 464 g/mol. The van der Waals surface area contributed by atoms with E-state index in [0.717, 1.165) is 12.3 Å². The van der Waals surface area contributed by atoms with E-state index >= 15 is 0 Å². The zero-order chi connectivity index (χ0) is 21.9. The lowest BCUT2D eigenvalue weighted by Gasteiger charge is -2.35. The van der Waals surface area contributed by atoms with Gasteiger partial charge in [-0.2, -0.15) is 13.2 Å². The molecule has 1 aromatic heterocycles. The predicted molar refractivity (Wildman–Crippen MR) is 113 cm³/mol. The van der Waals surface area contributed by atoms with Crippen LogP contribution in [0.2, 0.25) is 15.1 Å². The molecule has 0 unspecified atom stereocenters. The van der Waals surface area contributed by atoms with Crippen LogP contribution in [0.15, 0.2) is 30.5 Å². The van der Waals surface area contributed by atoms with Gasteiger partial charge in [0.05, 0.1) is 21.3 Å². The Balaban J connectivity index is 1.49. The molecule has 5 nitrogen and oxygen atoms in total. The minimum atomic E-state index is -4.48. The number of alkyl halides is 3. The number of aromatic nitrogens is 1. The van der Waals surface area contributed by atoms with Gasteiger partial charge in [-0.25, -0.2) is 4.98 Å². The third-order valence-corrected chi connectivity index (χ3v) is 5.52. The van der Waals surface area contributed by atoms with Crippen LogP contribution in [0.25, 0.3) is 0 Å². The summed E-state index contributed by atoms with van der Waals surface area (Å²) in [4.78, 5) is 20.0. The average molecular weight is 482 g/mol. The topological polar surface area (TPSA) is 48.5 Å². The molecule has 1 amide bonds. The zero-order valence-electron chi connectivity index (χ0n) is 15.6. The van der Waals surface area contributed by atoms with Crippen molar-refractivity contribution in [2.75, 3.05) is 42.9 Å². The molecule has 3 rings (SSSR count). The molecule has 0 bridgehead atoms. The quantitative estimate of drug-likeness (QED) is 0.637. The van der Waals surface area contributed by atoms with Gasteiger partial charge in [0.1, 0.15) is 5.82 Å². The van der Waals surface area contributed by atoms with Gasteiger partial charge in [-0.1, -0.05) is 34.8 Å². The van der Waals surface area contributed by atoms with Crippen LogP contribution >= 0.6 is 34.8 Å². The molecular formula is C19H18Cl3F3N4O. The highest BCUT2D eigenvalue weighted by molar-refractivity contribution is 6.35. The first-order valence-corrected chi connectivity index (χ1v) is 10.2. The van der Waals surface area contributed by atoms with Crippen LogP contribution < -0.4 is 10.2 Å². The van der Waals surface area contributed by atoms with E-state index in [1.54, 1.807) is 18.2 Å². The molecule has 1 saturated heterocycles. The third-order valence-electron chi connectivity index (χ3n) is 4.68. The number of hydrogen-bond donors (Lipinski definition) is 1. The van der Waals surface area contributed by atoms with Gasteiger partial charge in [-0.05, 0) is 24.3 Å². The Morgan fingerprint density at radius 3 is 2.40 bits per heavy atom. The fraction of sp³-hybridized carbons (Fsp3) is 0.368. The highest BCUT2D eigenvalue weighted by atomic mass is 35.5. The monoisotopic (exact) mass is 480 g/mol. The molecule has 30 heavy (non-hydrogen) atoms. The lowest BCUT2D eigenvalue weighted by molar-refractivity contribution is -0.137. The summed E-state index contributed by atoms with van der Waals surface area (Å²) in [5.41, 5.74) is -0.414. The van der Waals surface area contributed by atoms with E-state index < -0.39 is 11.7 Å². The molecule has 1 aromatic carbocycles. The van der Waals surface area contributed by atoms with E-state index in [1.807, 2.05) is 4.90 Å². The molecule has 1 fully saturated rings. The Morgan fingerprint density at radius 2 is 1.77 bits per heavy atom. The average Bonchev–Trinajstić information content (AvgIpc) is 2.69. The maximum atomic E-state index is 12.8. The van der Waals surface area contributed by atoms with Crippen molar-refractivity contribution >= 4 is 52.2 Å². The summed E-state index contributed by atoms with van der Waals surface area (Å²) >= 11 is 18.0. The zero-order valence-corrected chi connectivity index (χ0v) is 17.9. The van der Waals surface area contributed by atoms with E-state index in [2.05, 4.69) is 15.2 Å². The van der Waals surface area contributed by atoms with Gasteiger partial charge in [-0.3, -0.25) is 9.69 Å². The number of pyridine rings is 1. The van der Waals surface area contributed by atoms with Crippen LogP contribution in [0.1, 0.15) is 12.0 Å². The van der Waals surface area contributed by atoms with Crippen LogP contribution in [0.4, 0.5) is 24.7 Å². The number of halogens is 6. The Morgan fingerprint density at radius 1 is 1.07 bits per heavy atom. The lowest BCUT2D eigenvalue weighted by Crippen LogP contribution is -2.47. The summed E-state index contributed by atoms with van der Waals surface area (Å²) in [7, 11) is 0. The molecule has 0 aliphatic carbocycles. The number of carbonyl (C=O) groups excluding carboxylic acids is 1. The number of nitrogens with one attached hydrogen (secondary N) is 1. The fourth-order valence-corrected chi connectivity index (χ4v) is 3.69. The number of rotatable bonds is 5. The fourth-order valence-electron chi connectivity index (χ4n) is 3.07. The number of nitrogens with zero attached hydrogens (tertiary/aromatic N) is 3. The van der Waals surface area contributed by atoms with Crippen LogP contribution in [0.3, 0.4) is 0 Å². The summed E-state index contributed by atoms with van der Waals surface area (Å²) in [5.74, 6) is 0.145. The van der Waals surface area contributed by atoms with E-state index in [1.165, 1.54) is 0 Å². The molecule has 0 atom stereocenters. The van der Waals surface area contributed by atoms with Crippen LogP contribution in [0.5, 0.6) is 0 Å². The van der Waals surface area contributed by atoms with Crippen LogP contribution in [0, 0.1) is 0 Å². The van der Waals surface area contributed by atoms with E-state index in [9.17, 15) is 18.0 Å². The smallest absolute Gasteiger partial charge is 0.353 e. The van der Waals surface area contributed by atoms with E-state index in [4.69, 9.17) is 34.8 Å². The van der Waals surface area contributed by atoms with Gasteiger partial charge < -0.3 is 10.2 Å². The first kappa shape index (κ1) is 22.9. The number of benzene rings is 1. The predicted octanol–water partition coefficient (Wildman–Crippen LogP) is 5.21. The second-order valence-electron chi connectivity index (χ2n) is 6.78. The number of anilines is 2. The second kappa shape index (κ2) is 9.60. The van der Waals surface area contributed by atoms with Crippen LogP contribution in [-0.2, 0) is 11.0 Å². The number of piperazine rings is 1. The molecule has 0 radical (unpaired) electrons. The summed E-state index contributed by atoms with van der Waals surface area (Å²) in [6, 6.07) is 5.72. The SMILES string of the molecule is O=C(CCN1CCN(c2ncc(C(F)(F)F)cc2Cl)CC1)Nc1cc(Cl)ccc1Cl. The number of carbonyl (C=O) groups is 1. The maximum absolute atomic E-state index is 12.8. The Bertz CT molecular complexity index is 918. The largest absolute Gasteiger partial charge is 0.417 e. The molecule has 0 saturated carbocycles. The summed E-state index contributed by atoms with van der Waals surface area (Å²) in [6.45, 7) is 2.88. The Kier molecular flexibility index (Phi) is 7.34. The minimum Gasteiger partial charge on any atom is -0.353 e. The second-order valence-corrected chi connectivity index (χ2v) is 8.03. The van der Waals surface area contributed by atoms with Gasteiger partial charge in [0.25, 0.3) is 0 Å². The van der Waals surface area contributed by atoms with Gasteiger partial charge in [0.2, 0.25) is 5.91 Å². The highest BCUT2D eigenvalue weighted by Gasteiger charge is 2.32. The van der Waals surface area contributed by atoms with E-state index in [-0.39, 0.29) is 17.4 Å². The summed E-state index contributed by atoms with van der Waals surface area (Å²) in [6.07, 6.45) is -3.43. The Labute approximate surface area is 186 Å². The molecule has 2 aromatic rings. The molecule has 1 N–H and O–H groups in total. The van der Waals surface area contributed by atoms with Crippen molar-refractivity contribution < 1.29 is 18.0 Å².